The first-order valence-corrected chi connectivity index (χ1v) is 7.92. The Morgan fingerprint density at radius 3 is 2.63 bits per heavy atom. The lowest BCUT2D eigenvalue weighted by Gasteiger charge is -2.38. The summed E-state index contributed by atoms with van der Waals surface area (Å²) in [7, 11) is 2.22. The third-order valence-electron chi connectivity index (χ3n) is 4.27. The molecule has 0 atom stereocenters. The van der Waals surface area contributed by atoms with E-state index < -0.39 is 0 Å². The van der Waals surface area contributed by atoms with Crippen LogP contribution in [-0.2, 0) is 6.54 Å². The summed E-state index contributed by atoms with van der Waals surface area (Å²) < 4.78 is 1.22. The van der Waals surface area contributed by atoms with Gasteiger partial charge in [-0.2, -0.15) is 0 Å². The van der Waals surface area contributed by atoms with Crippen LogP contribution in [0.4, 0.5) is 0 Å². The molecule has 2 nitrogen and oxygen atoms in total. The molecule has 1 aliphatic rings. The molecule has 0 saturated carbocycles. The van der Waals surface area contributed by atoms with Gasteiger partial charge in [-0.05, 0) is 62.5 Å². The van der Waals surface area contributed by atoms with Gasteiger partial charge in [-0.25, -0.2) is 0 Å². The number of likely N-dealkylation sites (tertiary alicyclic amines) is 1. The van der Waals surface area contributed by atoms with E-state index in [1.54, 1.807) is 0 Å². The van der Waals surface area contributed by atoms with Crippen LogP contribution in [0.15, 0.2) is 22.7 Å². The Balaban J connectivity index is 1.83. The van der Waals surface area contributed by atoms with E-state index in [9.17, 15) is 0 Å². The van der Waals surface area contributed by atoms with Gasteiger partial charge in [-0.1, -0.05) is 35.0 Å². The Kier molecular flexibility index (Phi) is 5.04. The number of hydrogen-bond donors (Lipinski definition) is 1. The molecule has 3 heteroatoms. The van der Waals surface area contributed by atoms with Gasteiger partial charge in [0.2, 0.25) is 0 Å². The van der Waals surface area contributed by atoms with Crippen LogP contribution in [0.1, 0.15) is 30.9 Å². The summed E-state index contributed by atoms with van der Waals surface area (Å²) in [5.74, 6) is 0. The van der Waals surface area contributed by atoms with E-state index >= 15 is 0 Å². The average molecular weight is 325 g/mol. The summed E-state index contributed by atoms with van der Waals surface area (Å²) in [6.07, 6.45) is 2.59. The number of aryl methyl sites for hydroxylation is 1. The molecule has 0 amide bonds. The van der Waals surface area contributed by atoms with Crippen molar-refractivity contribution in [3.05, 3.63) is 33.8 Å². The molecule has 1 aromatic carbocycles. The highest BCUT2D eigenvalue weighted by Crippen LogP contribution is 2.29. The molecule has 0 radical (unpaired) electrons. The molecule has 0 unspecified atom stereocenters. The second-order valence-corrected chi connectivity index (χ2v) is 7.17. The third kappa shape index (κ3) is 4.30. The smallest absolute Gasteiger partial charge is 0.0222 e. The average Bonchev–Trinajstić information content (AvgIpc) is 2.36. The van der Waals surface area contributed by atoms with Gasteiger partial charge in [-0.15, -0.1) is 0 Å². The summed E-state index contributed by atoms with van der Waals surface area (Å²) in [6, 6.07) is 6.58. The van der Waals surface area contributed by atoms with E-state index in [2.05, 4.69) is 65.2 Å². The van der Waals surface area contributed by atoms with Crippen molar-refractivity contribution in [1.82, 2.24) is 10.2 Å². The van der Waals surface area contributed by atoms with Crippen molar-refractivity contribution in [2.75, 3.05) is 26.7 Å². The maximum Gasteiger partial charge on any atom is 0.0222 e. The summed E-state index contributed by atoms with van der Waals surface area (Å²) in [6.45, 7) is 9.06. The fourth-order valence-corrected chi connectivity index (χ4v) is 3.26. The second-order valence-electron chi connectivity index (χ2n) is 6.31. The molecular weight excluding hydrogens is 300 g/mol. The van der Waals surface area contributed by atoms with Gasteiger partial charge in [0, 0.05) is 17.6 Å². The zero-order chi connectivity index (χ0) is 13.9. The number of nitrogens with one attached hydrogen (secondary N) is 1. The van der Waals surface area contributed by atoms with E-state index in [4.69, 9.17) is 0 Å². The normalized spacial score (nSPS) is 19.6. The SMILES string of the molecule is Cc1ccc(CNCC2(C)CCN(C)CC2)c(Br)c1. The van der Waals surface area contributed by atoms with Crippen molar-refractivity contribution >= 4 is 15.9 Å². The molecule has 1 fully saturated rings. The molecule has 0 spiro atoms. The van der Waals surface area contributed by atoms with Gasteiger partial charge in [0.15, 0.2) is 0 Å². The molecule has 0 aromatic heterocycles. The lowest BCUT2D eigenvalue weighted by molar-refractivity contribution is 0.137. The Hall–Kier alpha value is -0.380. The van der Waals surface area contributed by atoms with E-state index in [-0.39, 0.29) is 0 Å². The van der Waals surface area contributed by atoms with Crippen LogP contribution in [0.5, 0.6) is 0 Å². The van der Waals surface area contributed by atoms with Gasteiger partial charge in [0.25, 0.3) is 0 Å². The number of hydrogen-bond acceptors (Lipinski definition) is 2. The summed E-state index contributed by atoms with van der Waals surface area (Å²) >= 11 is 3.65. The predicted molar refractivity (Wildman–Crippen MR) is 85.4 cm³/mol. The summed E-state index contributed by atoms with van der Waals surface area (Å²) in [4.78, 5) is 2.43. The fourth-order valence-electron chi connectivity index (χ4n) is 2.63. The maximum atomic E-state index is 3.65. The first-order chi connectivity index (χ1) is 8.98. The molecule has 0 bridgehead atoms. The Morgan fingerprint density at radius 1 is 1.32 bits per heavy atom. The zero-order valence-electron chi connectivity index (χ0n) is 12.3. The Labute approximate surface area is 125 Å². The second kappa shape index (κ2) is 6.38. The van der Waals surface area contributed by atoms with Crippen molar-refractivity contribution < 1.29 is 0 Å². The summed E-state index contributed by atoms with van der Waals surface area (Å²) in [5, 5.41) is 3.64. The molecule has 0 aliphatic carbocycles. The van der Waals surface area contributed by atoms with Crippen molar-refractivity contribution in [3.63, 3.8) is 0 Å². The van der Waals surface area contributed by atoms with Crippen molar-refractivity contribution in [3.8, 4) is 0 Å². The van der Waals surface area contributed by atoms with E-state index in [0.29, 0.717) is 5.41 Å². The van der Waals surface area contributed by atoms with Crippen LogP contribution < -0.4 is 5.32 Å². The molecular formula is C16H25BrN2. The highest BCUT2D eigenvalue weighted by atomic mass is 79.9. The minimum Gasteiger partial charge on any atom is -0.312 e. The monoisotopic (exact) mass is 324 g/mol. The minimum absolute atomic E-state index is 0.462. The predicted octanol–water partition coefficient (Wildman–Crippen LogP) is 3.58. The van der Waals surface area contributed by atoms with Crippen LogP contribution in [0, 0.1) is 12.3 Å². The topological polar surface area (TPSA) is 15.3 Å². The van der Waals surface area contributed by atoms with Gasteiger partial charge in [0.05, 0.1) is 0 Å². The van der Waals surface area contributed by atoms with E-state index in [1.165, 1.54) is 41.5 Å². The quantitative estimate of drug-likeness (QED) is 0.910. The van der Waals surface area contributed by atoms with Crippen LogP contribution in [0.25, 0.3) is 0 Å². The van der Waals surface area contributed by atoms with Gasteiger partial charge < -0.3 is 10.2 Å². The van der Waals surface area contributed by atoms with Crippen molar-refractivity contribution in [1.29, 1.82) is 0 Å². The number of nitrogens with zero attached hydrogens (tertiary/aromatic N) is 1. The lowest BCUT2D eigenvalue weighted by atomic mass is 9.80. The zero-order valence-corrected chi connectivity index (χ0v) is 13.9. The van der Waals surface area contributed by atoms with Gasteiger partial charge in [-0.3, -0.25) is 0 Å². The van der Waals surface area contributed by atoms with Gasteiger partial charge >= 0.3 is 0 Å². The van der Waals surface area contributed by atoms with Crippen LogP contribution in [-0.4, -0.2) is 31.6 Å². The standard InChI is InChI=1S/C16H25BrN2/c1-13-4-5-14(15(17)10-13)11-18-12-16(2)6-8-19(3)9-7-16/h4-5,10,18H,6-9,11-12H2,1-3H3. The van der Waals surface area contributed by atoms with Crippen molar-refractivity contribution in [2.45, 2.75) is 33.2 Å². The molecule has 1 N–H and O–H groups in total. The van der Waals surface area contributed by atoms with Gasteiger partial charge in [0.1, 0.15) is 0 Å². The van der Waals surface area contributed by atoms with E-state index in [0.717, 1.165) is 13.1 Å². The largest absolute Gasteiger partial charge is 0.312 e. The molecule has 19 heavy (non-hydrogen) atoms. The first kappa shape index (κ1) is 15.0. The lowest BCUT2D eigenvalue weighted by Crippen LogP contribution is -2.41. The third-order valence-corrected chi connectivity index (χ3v) is 5.01. The van der Waals surface area contributed by atoms with Crippen molar-refractivity contribution in [2.24, 2.45) is 5.41 Å². The highest BCUT2D eigenvalue weighted by Gasteiger charge is 2.28. The van der Waals surface area contributed by atoms with Crippen LogP contribution in [0.2, 0.25) is 0 Å². The first-order valence-electron chi connectivity index (χ1n) is 7.13. The minimum atomic E-state index is 0.462. The number of benzene rings is 1. The number of rotatable bonds is 4. The molecule has 106 valence electrons. The summed E-state index contributed by atoms with van der Waals surface area (Å²) in [5.41, 5.74) is 3.11. The number of halogens is 1. The Bertz CT molecular complexity index is 423. The number of piperidine rings is 1. The molecule has 1 aromatic rings. The highest BCUT2D eigenvalue weighted by molar-refractivity contribution is 9.10. The fraction of sp³-hybridized carbons (Fsp3) is 0.625. The van der Waals surface area contributed by atoms with E-state index in [1.807, 2.05) is 0 Å². The molecule has 1 heterocycles. The van der Waals surface area contributed by atoms with Crippen LogP contribution >= 0.6 is 15.9 Å². The maximum absolute atomic E-state index is 3.65. The van der Waals surface area contributed by atoms with Crippen LogP contribution in [0.3, 0.4) is 0 Å². The molecule has 1 aliphatic heterocycles. The molecule has 1 saturated heterocycles. The Morgan fingerprint density at radius 2 is 2.00 bits per heavy atom. The molecule has 2 rings (SSSR count).